The summed E-state index contributed by atoms with van der Waals surface area (Å²) >= 11 is 12.8. The van der Waals surface area contributed by atoms with Crippen molar-refractivity contribution in [2.24, 2.45) is 11.8 Å². The van der Waals surface area contributed by atoms with Gasteiger partial charge in [0.1, 0.15) is 5.82 Å². The number of benzene rings is 2. The van der Waals surface area contributed by atoms with Crippen molar-refractivity contribution in [3.8, 4) is 0 Å². The number of hydrogen-bond donors (Lipinski definition) is 1. The van der Waals surface area contributed by atoms with E-state index in [1.54, 1.807) is 19.1 Å². The lowest BCUT2D eigenvalue weighted by atomic mass is 9.73. The van der Waals surface area contributed by atoms with Gasteiger partial charge in [-0.05, 0) is 65.8 Å². The molecular weight excluding hydrogens is 386 g/mol. The normalized spacial score (nSPS) is 14.6. The standard InChI is InChI=1S/C22H25Cl2FO2/c1-5-6-15-9-16(23)10-19(24)21(15)20(13(3)14(4)22(26)27)18-11-17(25)8-7-12(18)2/h7-11,13-14,20H,5-6H2,1-4H3,(H,26,27). The van der Waals surface area contributed by atoms with Gasteiger partial charge >= 0.3 is 5.97 Å². The minimum Gasteiger partial charge on any atom is -0.481 e. The van der Waals surface area contributed by atoms with Crippen LogP contribution in [0.1, 0.15) is 55.4 Å². The van der Waals surface area contributed by atoms with Crippen LogP contribution in [0.5, 0.6) is 0 Å². The molecule has 146 valence electrons. The highest BCUT2D eigenvalue weighted by atomic mass is 35.5. The monoisotopic (exact) mass is 410 g/mol. The van der Waals surface area contributed by atoms with Crippen molar-refractivity contribution in [2.75, 3.05) is 0 Å². The van der Waals surface area contributed by atoms with Gasteiger partial charge < -0.3 is 5.11 Å². The first kappa shape index (κ1) is 21.7. The molecule has 0 saturated heterocycles. The van der Waals surface area contributed by atoms with Gasteiger partial charge in [-0.25, -0.2) is 4.39 Å². The maximum Gasteiger partial charge on any atom is 0.306 e. The average molecular weight is 411 g/mol. The topological polar surface area (TPSA) is 37.3 Å². The Balaban J connectivity index is 2.78. The number of aliphatic carboxylic acids is 1. The first-order chi connectivity index (χ1) is 12.7. The highest BCUT2D eigenvalue weighted by Gasteiger charge is 2.33. The molecule has 1 N–H and O–H groups in total. The molecule has 2 rings (SSSR count). The van der Waals surface area contributed by atoms with E-state index in [9.17, 15) is 14.3 Å². The number of halogens is 3. The lowest BCUT2D eigenvalue weighted by Crippen LogP contribution is -2.26. The summed E-state index contributed by atoms with van der Waals surface area (Å²) < 4.78 is 14.1. The van der Waals surface area contributed by atoms with Gasteiger partial charge in [-0.2, -0.15) is 0 Å². The van der Waals surface area contributed by atoms with Gasteiger partial charge in [0.25, 0.3) is 0 Å². The minimum absolute atomic E-state index is 0.294. The molecule has 0 aromatic heterocycles. The summed E-state index contributed by atoms with van der Waals surface area (Å²) in [6, 6.07) is 8.19. The predicted octanol–water partition coefficient (Wildman–Crippen LogP) is 6.88. The third kappa shape index (κ3) is 4.83. The van der Waals surface area contributed by atoms with Gasteiger partial charge in [0, 0.05) is 16.0 Å². The van der Waals surface area contributed by atoms with Gasteiger partial charge in [0.15, 0.2) is 0 Å². The van der Waals surface area contributed by atoms with E-state index in [0.29, 0.717) is 10.0 Å². The summed E-state index contributed by atoms with van der Waals surface area (Å²) in [5.74, 6) is -2.50. The molecule has 0 aliphatic rings. The summed E-state index contributed by atoms with van der Waals surface area (Å²) in [7, 11) is 0. The first-order valence-electron chi connectivity index (χ1n) is 9.14. The Kier molecular flexibility index (Phi) is 7.30. The number of hydrogen-bond acceptors (Lipinski definition) is 1. The predicted molar refractivity (Wildman–Crippen MR) is 109 cm³/mol. The Bertz CT molecular complexity index is 835. The van der Waals surface area contributed by atoms with Crippen molar-refractivity contribution in [1.82, 2.24) is 0 Å². The first-order valence-corrected chi connectivity index (χ1v) is 9.89. The fraction of sp³-hybridized carbons (Fsp3) is 0.409. The summed E-state index contributed by atoms with van der Waals surface area (Å²) in [5.41, 5.74) is 3.49. The van der Waals surface area contributed by atoms with Gasteiger partial charge in [-0.1, -0.05) is 56.5 Å². The van der Waals surface area contributed by atoms with Crippen LogP contribution in [0.3, 0.4) is 0 Å². The molecule has 2 aromatic rings. The second kappa shape index (κ2) is 9.07. The van der Waals surface area contributed by atoms with Gasteiger partial charge in [0.05, 0.1) is 5.92 Å². The molecule has 0 bridgehead atoms. The molecule has 5 heteroatoms. The third-order valence-electron chi connectivity index (χ3n) is 5.29. The average Bonchev–Trinajstić information content (AvgIpc) is 2.59. The van der Waals surface area contributed by atoms with E-state index in [-0.39, 0.29) is 17.7 Å². The van der Waals surface area contributed by atoms with Crippen molar-refractivity contribution in [3.05, 3.63) is 68.4 Å². The van der Waals surface area contributed by atoms with E-state index < -0.39 is 11.9 Å². The third-order valence-corrected chi connectivity index (χ3v) is 5.82. The maximum absolute atomic E-state index is 14.1. The van der Waals surface area contributed by atoms with Crippen LogP contribution < -0.4 is 0 Å². The second-order valence-electron chi connectivity index (χ2n) is 7.18. The molecule has 0 heterocycles. The highest BCUT2D eigenvalue weighted by Crippen LogP contribution is 2.43. The SMILES string of the molecule is CCCc1cc(Cl)cc(Cl)c1C(c1cc(F)ccc1C)C(C)C(C)C(=O)O. The van der Waals surface area contributed by atoms with E-state index in [0.717, 1.165) is 35.1 Å². The Hall–Kier alpha value is -1.58. The Labute approximate surface area is 170 Å². The Morgan fingerprint density at radius 1 is 1.19 bits per heavy atom. The lowest BCUT2D eigenvalue weighted by molar-refractivity contribution is -0.142. The van der Waals surface area contributed by atoms with Crippen LogP contribution in [-0.2, 0) is 11.2 Å². The number of carboxylic acids is 1. The molecule has 3 atom stereocenters. The Morgan fingerprint density at radius 3 is 2.44 bits per heavy atom. The number of aryl methyl sites for hydroxylation is 2. The molecule has 0 spiro atoms. The summed E-state index contributed by atoms with van der Waals surface area (Å²) in [6.07, 6.45) is 1.65. The van der Waals surface area contributed by atoms with E-state index in [1.165, 1.54) is 12.1 Å². The summed E-state index contributed by atoms with van der Waals surface area (Å²) in [5, 5.41) is 10.6. The molecule has 0 amide bonds. The van der Waals surface area contributed by atoms with Crippen LogP contribution in [0.15, 0.2) is 30.3 Å². The largest absolute Gasteiger partial charge is 0.481 e. The fourth-order valence-electron chi connectivity index (χ4n) is 3.62. The zero-order valence-corrected chi connectivity index (χ0v) is 17.5. The van der Waals surface area contributed by atoms with Gasteiger partial charge in [0.2, 0.25) is 0 Å². The van der Waals surface area contributed by atoms with E-state index in [1.807, 2.05) is 19.9 Å². The van der Waals surface area contributed by atoms with Gasteiger partial charge in [-0.15, -0.1) is 0 Å². The summed E-state index contributed by atoms with van der Waals surface area (Å²) in [6.45, 7) is 7.53. The molecule has 2 aromatic carbocycles. The molecule has 2 nitrogen and oxygen atoms in total. The van der Waals surface area contributed by atoms with E-state index >= 15 is 0 Å². The molecular formula is C22H25Cl2FO2. The molecule has 0 aliphatic heterocycles. The van der Waals surface area contributed by atoms with Crippen LogP contribution in [0, 0.1) is 24.6 Å². The van der Waals surface area contributed by atoms with Gasteiger partial charge in [-0.3, -0.25) is 4.79 Å². The van der Waals surface area contributed by atoms with Crippen molar-refractivity contribution < 1.29 is 14.3 Å². The molecule has 0 fully saturated rings. The number of carbonyl (C=O) groups is 1. The van der Waals surface area contributed by atoms with Crippen LogP contribution >= 0.6 is 23.2 Å². The molecule has 0 saturated carbocycles. The Morgan fingerprint density at radius 2 is 1.85 bits per heavy atom. The van der Waals surface area contributed by atoms with Crippen molar-refractivity contribution >= 4 is 29.2 Å². The van der Waals surface area contributed by atoms with Crippen LogP contribution in [0.2, 0.25) is 10.0 Å². The van der Waals surface area contributed by atoms with Crippen LogP contribution in [0.4, 0.5) is 4.39 Å². The quantitative estimate of drug-likeness (QED) is 0.539. The van der Waals surface area contributed by atoms with E-state index in [4.69, 9.17) is 23.2 Å². The zero-order chi connectivity index (χ0) is 20.3. The smallest absolute Gasteiger partial charge is 0.306 e. The van der Waals surface area contributed by atoms with Crippen molar-refractivity contribution in [1.29, 1.82) is 0 Å². The zero-order valence-electron chi connectivity index (χ0n) is 16.0. The fourth-order valence-corrected chi connectivity index (χ4v) is 4.28. The van der Waals surface area contributed by atoms with Crippen molar-refractivity contribution in [3.63, 3.8) is 0 Å². The summed E-state index contributed by atoms with van der Waals surface area (Å²) in [4.78, 5) is 11.7. The van der Waals surface area contributed by atoms with Crippen LogP contribution in [0.25, 0.3) is 0 Å². The number of carboxylic acid groups (broad SMARTS) is 1. The maximum atomic E-state index is 14.1. The van der Waals surface area contributed by atoms with Crippen LogP contribution in [-0.4, -0.2) is 11.1 Å². The number of rotatable bonds is 7. The highest BCUT2D eigenvalue weighted by molar-refractivity contribution is 6.35. The molecule has 0 radical (unpaired) electrons. The lowest BCUT2D eigenvalue weighted by Gasteiger charge is -2.31. The molecule has 27 heavy (non-hydrogen) atoms. The molecule has 0 aliphatic carbocycles. The second-order valence-corrected chi connectivity index (χ2v) is 8.02. The van der Waals surface area contributed by atoms with Crippen molar-refractivity contribution in [2.45, 2.75) is 46.5 Å². The molecule has 3 unspecified atom stereocenters. The minimum atomic E-state index is -0.885. The van der Waals surface area contributed by atoms with E-state index in [2.05, 4.69) is 6.92 Å².